The predicted octanol–water partition coefficient (Wildman–Crippen LogP) is 0.906. The van der Waals surface area contributed by atoms with Gasteiger partial charge in [0.25, 0.3) is 0 Å². The molecule has 0 fully saturated rings. The maximum Gasteiger partial charge on any atom is 0.308 e. The van der Waals surface area contributed by atoms with Crippen LogP contribution in [0.5, 0.6) is 11.5 Å². The van der Waals surface area contributed by atoms with Gasteiger partial charge in [-0.3, -0.25) is 4.79 Å². The Morgan fingerprint density at radius 3 is 2.18 bits per heavy atom. The topological polar surface area (TPSA) is 81.8 Å². The highest BCUT2D eigenvalue weighted by Gasteiger charge is 2.16. The first-order valence-electron chi connectivity index (χ1n) is 5.25. The summed E-state index contributed by atoms with van der Waals surface area (Å²) in [6.45, 7) is 0.106. The van der Waals surface area contributed by atoms with Crippen LogP contribution in [0.1, 0.15) is 5.56 Å². The van der Waals surface area contributed by atoms with Gasteiger partial charge in [0, 0.05) is 12.6 Å². The molecule has 1 unspecified atom stereocenters. The van der Waals surface area contributed by atoms with Crippen LogP contribution in [0, 0.1) is 5.92 Å². The SMILES string of the molecule is COc1cc(CC(CN)C(=O)O)cc(OC)c1. The first-order valence-corrected chi connectivity index (χ1v) is 5.25. The zero-order valence-electron chi connectivity index (χ0n) is 9.97. The van der Waals surface area contributed by atoms with E-state index in [9.17, 15) is 4.79 Å². The standard InChI is InChI=1S/C12H17NO4/c1-16-10-4-8(5-11(6-10)17-2)3-9(7-13)12(14)15/h4-6,9H,3,7,13H2,1-2H3,(H,14,15). The van der Waals surface area contributed by atoms with Gasteiger partial charge in [0.05, 0.1) is 20.1 Å². The van der Waals surface area contributed by atoms with Gasteiger partial charge in [-0.05, 0) is 24.1 Å². The molecule has 0 aromatic heterocycles. The summed E-state index contributed by atoms with van der Waals surface area (Å²) in [4.78, 5) is 10.9. The molecule has 5 nitrogen and oxygen atoms in total. The second-order valence-corrected chi connectivity index (χ2v) is 3.70. The minimum absolute atomic E-state index is 0.106. The zero-order valence-corrected chi connectivity index (χ0v) is 9.97. The number of carboxylic acid groups (broad SMARTS) is 1. The quantitative estimate of drug-likeness (QED) is 0.771. The Balaban J connectivity index is 2.92. The van der Waals surface area contributed by atoms with Crippen LogP contribution in [-0.4, -0.2) is 31.8 Å². The molecule has 0 radical (unpaired) electrons. The number of aliphatic carboxylic acids is 1. The number of hydrogen-bond acceptors (Lipinski definition) is 4. The maximum absolute atomic E-state index is 10.9. The highest BCUT2D eigenvalue weighted by molar-refractivity contribution is 5.70. The lowest BCUT2D eigenvalue weighted by molar-refractivity contribution is -0.141. The van der Waals surface area contributed by atoms with E-state index in [4.69, 9.17) is 20.3 Å². The number of hydrogen-bond donors (Lipinski definition) is 2. The van der Waals surface area contributed by atoms with E-state index < -0.39 is 11.9 Å². The van der Waals surface area contributed by atoms with Crippen LogP contribution in [0.4, 0.5) is 0 Å². The van der Waals surface area contributed by atoms with Gasteiger partial charge in [-0.2, -0.15) is 0 Å². The summed E-state index contributed by atoms with van der Waals surface area (Å²) >= 11 is 0. The third kappa shape index (κ3) is 3.64. The predicted molar refractivity (Wildman–Crippen MR) is 63.4 cm³/mol. The molecule has 5 heteroatoms. The third-order valence-corrected chi connectivity index (χ3v) is 2.53. The zero-order chi connectivity index (χ0) is 12.8. The average Bonchev–Trinajstić information content (AvgIpc) is 2.34. The molecule has 0 saturated heterocycles. The van der Waals surface area contributed by atoms with Crippen molar-refractivity contribution in [3.8, 4) is 11.5 Å². The molecular formula is C12H17NO4. The Hall–Kier alpha value is -1.75. The Kier molecular flexibility index (Phi) is 4.78. The number of carbonyl (C=O) groups is 1. The molecule has 0 saturated carbocycles. The summed E-state index contributed by atoms with van der Waals surface area (Å²) in [5.41, 5.74) is 6.25. The Morgan fingerprint density at radius 2 is 1.82 bits per heavy atom. The second kappa shape index (κ2) is 6.10. The van der Waals surface area contributed by atoms with Crippen LogP contribution in [0.15, 0.2) is 18.2 Å². The van der Waals surface area contributed by atoms with Crippen LogP contribution in [-0.2, 0) is 11.2 Å². The van der Waals surface area contributed by atoms with Crippen molar-refractivity contribution in [3.05, 3.63) is 23.8 Å². The van der Waals surface area contributed by atoms with Crippen molar-refractivity contribution in [3.63, 3.8) is 0 Å². The van der Waals surface area contributed by atoms with Crippen LogP contribution >= 0.6 is 0 Å². The fraction of sp³-hybridized carbons (Fsp3) is 0.417. The number of carboxylic acids is 1. The van der Waals surface area contributed by atoms with Crippen LogP contribution < -0.4 is 15.2 Å². The normalized spacial score (nSPS) is 11.9. The maximum atomic E-state index is 10.9. The van der Waals surface area contributed by atoms with Gasteiger partial charge in [0.15, 0.2) is 0 Å². The van der Waals surface area contributed by atoms with E-state index in [0.29, 0.717) is 17.9 Å². The Labute approximate surface area is 100 Å². The fourth-order valence-electron chi connectivity index (χ4n) is 1.54. The molecule has 0 aliphatic heterocycles. The van der Waals surface area contributed by atoms with Gasteiger partial charge in [-0.25, -0.2) is 0 Å². The molecule has 0 amide bonds. The van der Waals surface area contributed by atoms with Gasteiger partial charge >= 0.3 is 5.97 Å². The molecule has 0 spiro atoms. The Bertz CT molecular complexity index is 370. The smallest absolute Gasteiger partial charge is 0.308 e. The van der Waals surface area contributed by atoms with E-state index in [1.807, 2.05) is 0 Å². The summed E-state index contributed by atoms with van der Waals surface area (Å²) < 4.78 is 10.2. The van der Waals surface area contributed by atoms with Crippen molar-refractivity contribution in [2.24, 2.45) is 11.7 Å². The highest BCUT2D eigenvalue weighted by Crippen LogP contribution is 2.24. The van der Waals surface area contributed by atoms with E-state index in [2.05, 4.69) is 0 Å². The molecular weight excluding hydrogens is 222 g/mol. The van der Waals surface area contributed by atoms with Crippen LogP contribution in [0.3, 0.4) is 0 Å². The molecule has 3 N–H and O–H groups in total. The molecule has 0 heterocycles. The van der Waals surface area contributed by atoms with E-state index in [1.54, 1.807) is 32.4 Å². The third-order valence-electron chi connectivity index (χ3n) is 2.53. The van der Waals surface area contributed by atoms with Crippen molar-refractivity contribution < 1.29 is 19.4 Å². The lowest BCUT2D eigenvalue weighted by atomic mass is 9.99. The number of methoxy groups -OCH3 is 2. The van der Waals surface area contributed by atoms with Crippen molar-refractivity contribution in [2.75, 3.05) is 20.8 Å². The molecule has 17 heavy (non-hydrogen) atoms. The summed E-state index contributed by atoms with van der Waals surface area (Å²) in [6.07, 6.45) is 0.361. The van der Waals surface area contributed by atoms with Gasteiger partial charge in [0.2, 0.25) is 0 Å². The molecule has 0 aliphatic rings. The molecule has 0 bridgehead atoms. The van der Waals surface area contributed by atoms with Crippen molar-refractivity contribution in [1.29, 1.82) is 0 Å². The summed E-state index contributed by atoms with van der Waals surface area (Å²) in [6, 6.07) is 5.31. The van der Waals surface area contributed by atoms with Gasteiger partial charge in [-0.15, -0.1) is 0 Å². The van der Waals surface area contributed by atoms with Crippen LogP contribution in [0.25, 0.3) is 0 Å². The van der Waals surface area contributed by atoms with Crippen molar-refractivity contribution in [2.45, 2.75) is 6.42 Å². The van der Waals surface area contributed by atoms with E-state index >= 15 is 0 Å². The summed E-state index contributed by atoms with van der Waals surface area (Å²) in [5.74, 6) is -0.206. The monoisotopic (exact) mass is 239 g/mol. The highest BCUT2D eigenvalue weighted by atomic mass is 16.5. The Morgan fingerprint density at radius 1 is 1.29 bits per heavy atom. The number of benzene rings is 1. The molecule has 1 aromatic carbocycles. The van der Waals surface area contributed by atoms with Crippen LogP contribution in [0.2, 0.25) is 0 Å². The van der Waals surface area contributed by atoms with Gasteiger partial charge in [-0.1, -0.05) is 0 Å². The number of rotatable bonds is 6. The fourth-order valence-corrected chi connectivity index (χ4v) is 1.54. The lowest BCUT2D eigenvalue weighted by Crippen LogP contribution is -2.25. The minimum atomic E-state index is -0.894. The first-order chi connectivity index (χ1) is 8.10. The van der Waals surface area contributed by atoms with E-state index in [-0.39, 0.29) is 6.54 Å². The second-order valence-electron chi connectivity index (χ2n) is 3.70. The molecule has 1 atom stereocenters. The molecule has 0 aliphatic carbocycles. The average molecular weight is 239 g/mol. The number of nitrogens with two attached hydrogens (primary N) is 1. The van der Waals surface area contributed by atoms with Gasteiger partial charge in [0.1, 0.15) is 11.5 Å². The summed E-state index contributed by atoms with van der Waals surface area (Å²) in [7, 11) is 3.10. The lowest BCUT2D eigenvalue weighted by Gasteiger charge is -2.12. The largest absolute Gasteiger partial charge is 0.497 e. The van der Waals surface area contributed by atoms with Crippen molar-refractivity contribution in [1.82, 2.24) is 0 Å². The molecule has 94 valence electrons. The molecule has 1 aromatic rings. The first kappa shape index (κ1) is 13.3. The molecule has 1 rings (SSSR count). The minimum Gasteiger partial charge on any atom is -0.497 e. The van der Waals surface area contributed by atoms with E-state index in [1.165, 1.54) is 0 Å². The van der Waals surface area contributed by atoms with Crippen molar-refractivity contribution >= 4 is 5.97 Å². The number of ether oxygens (including phenoxy) is 2. The van der Waals surface area contributed by atoms with Gasteiger partial charge < -0.3 is 20.3 Å². The van der Waals surface area contributed by atoms with E-state index in [0.717, 1.165) is 5.56 Å². The summed E-state index contributed by atoms with van der Waals surface area (Å²) in [5, 5.41) is 8.95.